The Morgan fingerprint density at radius 1 is 1.11 bits per heavy atom. The lowest BCUT2D eigenvalue weighted by Gasteiger charge is -2.37. The molecule has 0 bridgehead atoms. The van der Waals surface area contributed by atoms with Crippen LogP contribution in [-0.2, 0) is 15.7 Å². The number of Topliss-reactive ketones (excluding diaryl/α,β-unsaturated/α-hetero) is 1. The van der Waals surface area contributed by atoms with E-state index in [-0.39, 0.29) is 18.0 Å². The number of aryl methyl sites for hydroxylation is 1. The smallest absolute Gasteiger partial charge is 0.418 e. The van der Waals surface area contributed by atoms with Crippen LogP contribution in [-0.4, -0.2) is 78.3 Å². The number of aromatic nitrogens is 1. The number of carbonyl (C=O) groups excluding carboxylic acids is 3. The number of ketones is 1. The number of esters is 1. The lowest BCUT2D eigenvalue weighted by molar-refractivity contribution is -0.137. The Balaban J connectivity index is 1.57. The number of aromatic amines is 1. The summed E-state index contributed by atoms with van der Waals surface area (Å²) < 4.78 is 44.2. The number of hydrogen-bond donors (Lipinski definition) is 2. The van der Waals surface area contributed by atoms with Crippen LogP contribution in [0, 0.1) is 13.8 Å². The molecule has 1 aromatic carbocycles. The number of amides is 1. The quantitative estimate of drug-likeness (QED) is 0.453. The van der Waals surface area contributed by atoms with E-state index in [4.69, 9.17) is 4.74 Å². The molecule has 1 aromatic heterocycles. The SMILES string of the molecule is COC(=O)c1c(C)[nH]c(C(=O)C(C)N2CCN(CC(=O)Nc3ccccc3C(F)(F)F)CC2)c1C. The molecule has 3 rings (SSSR count). The first-order valence-electron chi connectivity index (χ1n) is 11.2. The normalized spacial score (nSPS) is 16.1. The minimum Gasteiger partial charge on any atom is -0.465 e. The van der Waals surface area contributed by atoms with Gasteiger partial charge in [0.2, 0.25) is 5.91 Å². The first-order valence-corrected chi connectivity index (χ1v) is 11.2. The van der Waals surface area contributed by atoms with Crippen LogP contribution in [0.3, 0.4) is 0 Å². The van der Waals surface area contributed by atoms with Gasteiger partial charge in [-0.05, 0) is 38.5 Å². The summed E-state index contributed by atoms with van der Waals surface area (Å²) in [5, 5.41) is 2.36. The van der Waals surface area contributed by atoms with Crippen molar-refractivity contribution in [2.45, 2.75) is 33.0 Å². The minimum atomic E-state index is -4.56. The number of nitrogens with zero attached hydrogens (tertiary/aromatic N) is 2. The molecule has 1 atom stereocenters. The van der Waals surface area contributed by atoms with Gasteiger partial charge in [0.15, 0.2) is 5.78 Å². The molecule has 0 spiro atoms. The van der Waals surface area contributed by atoms with Crippen molar-refractivity contribution in [2.75, 3.05) is 45.2 Å². The third kappa shape index (κ3) is 5.91. The highest BCUT2D eigenvalue weighted by molar-refractivity contribution is 6.03. The minimum absolute atomic E-state index is 0.0558. The second kappa shape index (κ2) is 10.6. The Kier molecular flexibility index (Phi) is 8.01. The fraction of sp³-hybridized carbons (Fsp3) is 0.458. The maximum Gasteiger partial charge on any atom is 0.418 e. The van der Waals surface area contributed by atoms with Gasteiger partial charge >= 0.3 is 12.1 Å². The number of para-hydroxylation sites is 1. The van der Waals surface area contributed by atoms with Gasteiger partial charge in [0, 0.05) is 31.9 Å². The number of anilines is 1. The van der Waals surface area contributed by atoms with Crippen LogP contribution in [0.4, 0.5) is 18.9 Å². The molecule has 11 heteroatoms. The Bertz CT molecular complexity index is 1100. The summed E-state index contributed by atoms with van der Waals surface area (Å²) >= 11 is 0. The number of ether oxygens (including phenoxy) is 1. The molecule has 0 saturated carbocycles. The molecule has 2 N–H and O–H groups in total. The van der Waals surface area contributed by atoms with Gasteiger partial charge in [-0.2, -0.15) is 13.2 Å². The zero-order chi connectivity index (χ0) is 25.9. The largest absolute Gasteiger partial charge is 0.465 e. The van der Waals surface area contributed by atoms with E-state index in [0.29, 0.717) is 48.7 Å². The molecule has 1 saturated heterocycles. The first kappa shape index (κ1) is 26.4. The summed E-state index contributed by atoms with van der Waals surface area (Å²) in [7, 11) is 1.28. The van der Waals surface area contributed by atoms with Crippen molar-refractivity contribution in [1.82, 2.24) is 14.8 Å². The van der Waals surface area contributed by atoms with Crippen molar-refractivity contribution in [1.29, 1.82) is 0 Å². The van der Waals surface area contributed by atoms with E-state index < -0.39 is 29.7 Å². The molecule has 1 fully saturated rings. The average Bonchev–Trinajstić information content (AvgIpc) is 3.11. The van der Waals surface area contributed by atoms with Gasteiger partial charge in [0.25, 0.3) is 0 Å². The number of H-pyrrole nitrogens is 1. The molecule has 2 aromatic rings. The van der Waals surface area contributed by atoms with Crippen molar-refractivity contribution in [2.24, 2.45) is 0 Å². The van der Waals surface area contributed by atoms with Crippen LogP contribution in [0.15, 0.2) is 24.3 Å². The third-order valence-electron chi connectivity index (χ3n) is 6.28. The fourth-order valence-corrected chi connectivity index (χ4v) is 4.32. The van der Waals surface area contributed by atoms with Crippen LogP contribution >= 0.6 is 0 Å². The Morgan fingerprint density at radius 2 is 1.74 bits per heavy atom. The molecular weight excluding hydrogens is 465 g/mol. The summed E-state index contributed by atoms with van der Waals surface area (Å²) in [6.07, 6.45) is -4.56. The lowest BCUT2D eigenvalue weighted by Crippen LogP contribution is -2.53. The summed E-state index contributed by atoms with van der Waals surface area (Å²) in [6, 6.07) is 4.39. The fourth-order valence-electron chi connectivity index (χ4n) is 4.32. The van der Waals surface area contributed by atoms with E-state index >= 15 is 0 Å². The highest BCUT2D eigenvalue weighted by Crippen LogP contribution is 2.34. The first-order chi connectivity index (χ1) is 16.4. The summed E-state index contributed by atoms with van der Waals surface area (Å²) in [5.41, 5.74) is 0.654. The van der Waals surface area contributed by atoms with E-state index in [2.05, 4.69) is 10.3 Å². The van der Waals surface area contributed by atoms with E-state index in [9.17, 15) is 27.6 Å². The second-order valence-corrected chi connectivity index (χ2v) is 8.56. The van der Waals surface area contributed by atoms with Crippen molar-refractivity contribution in [3.63, 3.8) is 0 Å². The van der Waals surface area contributed by atoms with Gasteiger partial charge in [0.1, 0.15) is 0 Å². The second-order valence-electron chi connectivity index (χ2n) is 8.56. The lowest BCUT2D eigenvalue weighted by atomic mass is 10.0. The van der Waals surface area contributed by atoms with Crippen LogP contribution in [0.5, 0.6) is 0 Å². The van der Waals surface area contributed by atoms with Crippen LogP contribution < -0.4 is 5.32 Å². The zero-order valence-electron chi connectivity index (χ0n) is 20.1. The van der Waals surface area contributed by atoms with Gasteiger partial charge in [-0.15, -0.1) is 0 Å². The zero-order valence-corrected chi connectivity index (χ0v) is 20.1. The average molecular weight is 495 g/mol. The van der Waals surface area contributed by atoms with Crippen molar-refractivity contribution in [3.05, 3.63) is 52.3 Å². The number of rotatable bonds is 7. The number of methoxy groups -OCH3 is 1. The molecule has 0 aliphatic carbocycles. The molecule has 2 heterocycles. The predicted molar refractivity (Wildman–Crippen MR) is 123 cm³/mol. The van der Waals surface area contributed by atoms with Gasteiger partial charge in [-0.1, -0.05) is 12.1 Å². The number of piperazine rings is 1. The number of carbonyl (C=O) groups is 3. The number of halogens is 3. The van der Waals surface area contributed by atoms with E-state index in [1.165, 1.54) is 25.3 Å². The Hall–Kier alpha value is -3.18. The molecule has 8 nitrogen and oxygen atoms in total. The summed E-state index contributed by atoms with van der Waals surface area (Å²) in [5.74, 6) is -1.20. The van der Waals surface area contributed by atoms with Gasteiger partial charge in [-0.25, -0.2) is 4.79 Å². The van der Waals surface area contributed by atoms with E-state index in [1.54, 1.807) is 20.8 Å². The van der Waals surface area contributed by atoms with Gasteiger partial charge in [0.05, 0.1) is 42.2 Å². The predicted octanol–water partition coefficient (Wildman–Crippen LogP) is 3.26. The third-order valence-corrected chi connectivity index (χ3v) is 6.28. The van der Waals surface area contributed by atoms with Gasteiger partial charge < -0.3 is 15.0 Å². The highest BCUT2D eigenvalue weighted by atomic mass is 19.4. The standard InChI is InChI=1S/C24H29F3N4O4/c1-14-20(23(34)35-4)15(2)28-21(14)22(33)16(3)31-11-9-30(10-12-31)13-19(32)29-18-8-6-5-7-17(18)24(25,26)27/h5-8,16,28H,9-13H2,1-4H3,(H,29,32). The topological polar surface area (TPSA) is 94.7 Å². The van der Waals surface area contributed by atoms with Crippen molar-refractivity contribution >= 4 is 23.3 Å². The number of benzene rings is 1. The summed E-state index contributed by atoms with van der Waals surface area (Å²) in [4.78, 5) is 44.3. The molecule has 1 amide bonds. The van der Waals surface area contributed by atoms with E-state index in [1.807, 2.05) is 9.80 Å². The van der Waals surface area contributed by atoms with Crippen molar-refractivity contribution in [3.8, 4) is 0 Å². The number of hydrogen-bond acceptors (Lipinski definition) is 6. The Morgan fingerprint density at radius 3 is 2.34 bits per heavy atom. The molecule has 1 aliphatic rings. The van der Waals surface area contributed by atoms with E-state index in [0.717, 1.165) is 6.07 Å². The van der Waals surface area contributed by atoms with Crippen molar-refractivity contribution < 1.29 is 32.3 Å². The number of alkyl halides is 3. The molecular formula is C24H29F3N4O4. The maximum absolute atomic E-state index is 13.1. The maximum atomic E-state index is 13.1. The molecule has 1 unspecified atom stereocenters. The van der Waals surface area contributed by atoms with Crippen LogP contribution in [0.1, 0.15) is 44.6 Å². The highest BCUT2D eigenvalue weighted by Gasteiger charge is 2.34. The molecule has 35 heavy (non-hydrogen) atoms. The Labute approximate surface area is 201 Å². The molecule has 1 aliphatic heterocycles. The monoisotopic (exact) mass is 494 g/mol. The summed E-state index contributed by atoms with van der Waals surface area (Å²) in [6.45, 7) is 7.08. The molecule has 0 radical (unpaired) electrons. The number of nitrogens with one attached hydrogen (secondary N) is 2. The van der Waals surface area contributed by atoms with Crippen LogP contribution in [0.2, 0.25) is 0 Å². The van der Waals surface area contributed by atoms with Crippen LogP contribution in [0.25, 0.3) is 0 Å². The van der Waals surface area contributed by atoms with Gasteiger partial charge in [-0.3, -0.25) is 19.4 Å². The molecule has 190 valence electrons.